The molecule has 2 amide bonds. The number of benzene rings is 2. The fourth-order valence-corrected chi connectivity index (χ4v) is 6.55. The van der Waals surface area contributed by atoms with Crippen molar-refractivity contribution in [2.75, 3.05) is 27.2 Å². The Morgan fingerprint density at radius 1 is 0.971 bits per heavy atom. The normalized spacial score (nSPS) is 27.8. The lowest BCUT2D eigenvalue weighted by Gasteiger charge is -2.52. The van der Waals surface area contributed by atoms with Gasteiger partial charge < -0.3 is 14.9 Å². The van der Waals surface area contributed by atoms with E-state index in [-0.39, 0.29) is 17.1 Å². The van der Waals surface area contributed by atoms with E-state index >= 15 is 0 Å². The zero-order chi connectivity index (χ0) is 24.7. The van der Waals surface area contributed by atoms with Gasteiger partial charge in [-0.15, -0.1) is 0 Å². The van der Waals surface area contributed by atoms with E-state index < -0.39 is 5.60 Å². The highest BCUT2D eigenvalue weighted by atomic mass is 16.3. The highest BCUT2D eigenvalue weighted by Crippen LogP contribution is 2.50. The van der Waals surface area contributed by atoms with Crippen molar-refractivity contribution in [3.8, 4) is 6.07 Å². The summed E-state index contributed by atoms with van der Waals surface area (Å²) in [5.74, 6) is 0. The van der Waals surface area contributed by atoms with Gasteiger partial charge in [-0.25, -0.2) is 4.79 Å². The molecule has 0 bridgehead atoms. The maximum absolute atomic E-state index is 13.8. The van der Waals surface area contributed by atoms with Crippen molar-refractivity contribution in [1.29, 1.82) is 5.26 Å². The summed E-state index contributed by atoms with van der Waals surface area (Å²) < 4.78 is 0. The first-order chi connectivity index (χ1) is 16.8. The van der Waals surface area contributed by atoms with Crippen molar-refractivity contribution in [1.82, 2.24) is 14.7 Å². The first-order valence-electron chi connectivity index (χ1n) is 12.8. The summed E-state index contributed by atoms with van der Waals surface area (Å²) in [6.07, 6.45) is 6.22. The van der Waals surface area contributed by atoms with Crippen LogP contribution >= 0.6 is 0 Å². The van der Waals surface area contributed by atoms with Gasteiger partial charge in [-0.05, 0) is 76.2 Å². The van der Waals surface area contributed by atoms with Crippen LogP contribution in [-0.2, 0) is 12.1 Å². The Kier molecular flexibility index (Phi) is 6.11. The molecular weight excluding hydrogens is 436 g/mol. The number of carbonyl (C=O) groups excluding carboxylic acids is 1. The lowest BCUT2D eigenvalue weighted by atomic mass is 9.67. The average Bonchev–Trinajstić information content (AvgIpc) is 3.09. The Morgan fingerprint density at radius 2 is 1.63 bits per heavy atom. The Bertz CT molecular complexity index is 1110. The molecule has 0 aromatic heterocycles. The fourth-order valence-electron chi connectivity index (χ4n) is 6.55. The number of β-amino-alcohol motifs (C(OH)–C–C–N with tert-alkyl or cyclic N) is 1. The number of rotatable bonds is 6. The van der Waals surface area contributed by atoms with E-state index in [9.17, 15) is 15.2 Å². The molecule has 2 aromatic carbocycles. The van der Waals surface area contributed by atoms with Crippen LogP contribution in [0.4, 0.5) is 4.79 Å². The smallest absolute Gasteiger partial charge is 0.321 e. The molecule has 3 aliphatic rings. The highest BCUT2D eigenvalue weighted by Gasteiger charge is 2.56. The van der Waals surface area contributed by atoms with Gasteiger partial charge in [0.05, 0.1) is 29.3 Å². The van der Waals surface area contributed by atoms with Crippen LogP contribution in [-0.4, -0.2) is 64.2 Å². The van der Waals surface area contributed by atoms with Gasteiger partial charge in [-0.2, -0.15) is 5.26 Å². The number of hydrogen-bond acceptors (Lipinski definition) is 4. The van der Waals surface area contributed by atoms with Crippen LogP contribution in [0.2, 0.25) is 0 Å². The van der Waals surface area contributed by atoms with Crippen molar-refractivity contribution in [2.45, 2.75) is 68.2 Å². The molecule has 1 N–H and O–H groups in total. The zero-order valence-electron chi connectivity index (χ0n) is 20.9. The van der Waals surface area contributed by atoms with Crippen LogP contribution in [0, 0.1) is 11.3 Å². The molecule has 2 aliphatic carbocycles. The number of amides is 2. The second-order valence-electron chi connectivity index (χ2n) is 11.1. The number of carbonyl (C=O) groups is 1. The molecule has 3 fully saturated rings. The van der Waals surface area contributed by atoms with Crippen LogP contribution in [0.5, 0.6) is 0 Å². The Labute approximate surface area is 208 Å². The molecule has 0 atom stereocenters. The molecule has 0 unspecified atom stereocenters. The molecule has 184 valence electrons. The van der Waals surface area contributed by atoms with Crippen molar-refractivity contribution in [2.24, 2.45) is 0 Å². The van der Waals surface area contributed by atoms with E-state index in [0.717, 1.165) is 50.5 Å². The van der Waals surface area contributed by atoms with Gasteiger partial charge in [0.15, 0.2) is 0 Å². The Hall–Kier alpha value is -2.88. The number of nitriles is 1. The third kappa shape index (κ3) is 4.11. The lowest BCUT2D eigenvalue weighted by molar-refractivity contribution is -0.0725. The van der Waals surface area contributed by atoms with Crippen molar-refractivity contribution in [3.05, 3.63) is 71.3 Å². The minimum atomic E-state index is -0.765. The predicted molar refractivity (Wildman–Crippen MR) is 135 cm³/mol. The first kappa shape index (κ1) is 23.8. The molecule has 6 nitrogen and oxygen atoms in total. The van der Waals surface area contributed by atoms with E-state index in [2.05, 4.69) is 55.4 Å². The van der Waals surface area contributed by atoms with Gasteiger partial charge in [-0.1, -0.05) is 48.5 Å². The summed E-state index contributed by atoms with van der Waals surface area (Å²) in [5, 5.41) is 20.6. The average molecular weight is 473 g/mol. The molecule has 2 saturated carbocycles. The minimum Gasteiger partial charge on any atom is -0.388 e. The van der Waals surface area contributed by atoms with Crippen LogP contribution < -0.4 is 0 Å². The van der Waals surface area contributed by atoms with Crippen molar-refractivity contribution in [3.63, 3.8) is 0 Å². The quantitative estimate of drug-likeness (QED) is 0.673. The molecule has 2 aromatic rings. The van der Waals surface area contributed by atoms with Crippen LogP contribution in [0.25, 0.3) is 0 Å². The SMILES string of the molecule is CN(C)[C@]1(c2ccccc2)CC[C@@]2(CC1)CN(Cc1ccccc1C#N)C(=O)N2CC1(O)CCC1. The number of urea groups is 1. The maximum Gasteiger partial charge on any atom is 0.321 e. The highest BCUT2D eigenvalue weighted by molar-refractivity contribution is 5.78. The molecule has 1 spiro atoms. The summed E-state index contributed by atoms with van der Waals surface area (Å²) >= 11 is 0. The van der Waals surface area contributed by atoms with Crippen LogP contribution in [0.1, 0.15) is 61.6 Å². The van der Waals surface area contributed by atoms with Crippen LogP contribution in [0.15, 0.2) is 54.6 Å². The van der Waals surface area contributed by atoms with E-state index in [4.69, 9.17) is 0 Å². The molecular formula is C29H36N4O2. The fraction of sp³-hybridized carbons (Fsp3) is 0.517. The third-order valence-corrected chi connectivity index (χ3v) is 8.97. The van der Waals surface area contributed by atoms with Gasteiger partial charge in [0.2, 0.25) is 0 Å². The summed E-state index contributed by atoms with van der Waals surface area (Å²) in [6, 6.07) is 20.5. The monoisotopic (exact) mass is 472 g/mol. The number of nitrogens with zero attached hydrogens (tertiary/aromatic N) is 4. The van der Waals surface area contributed by atoms with E-state index in [1.165, 1.54) is 5.56 Å². The summed E-state index contributed by atoms with van der Waals surface area (Å²) in [4.78, 5) is 20.1. The van der Waals surface area contributed by atoms with Gasteiger partial charge in [0, 0.05) is 18.6 Å². The second kappa shape index (κ2) is 8.96. The summed E-state index contributed by atoms with van der Waals surface area (Å²) in [5.41, 5.74) is 1.70. The van der Waals surface area contributed by atoms with E-state index in [0.29, 0.717) is 25.2 Å². The first-order valence-corrected chi connectivity index (χ1v) is 12.8. The maximum atomic E-state index is 13.8. The largest absolute Gasteiger partial charge is 0.388 e. The van der Waals surface area contributed by atoms with Gasteiger partial charge >= 0.3 is 6.03 Å². The molecule has 5 rings (SSSR count). The Morgan fingerprint density at radius 3 is 2.23 bits per heavy atom. The lowest BCUT2D eigenvalue weighted by Crippen LogP contribution is -2.59. The third-order valence-electron chi connectivity index (χ3n) is 8.97. The standard InChI is InChI=1S/C29H36N4O2/c1-31(2)29(25-11-4-3-5-12-25)17-15-27(16-18-29)21-32(20-24-10-7-6-9-23(24)19-30)26(34)33(27)22-28(35)13-8-14-28/h3-7,9-12,35H,8,13-18,20-22H2,1-2H3/t27-,29-. The van der Waals surface area contributed by atoms with Crippen LogP contribution in [0.3, 0.4) is 0 Å². The zero-order valence-corrected chi connectivity index (χ0v) is 20.9. The molecule has 1 saturated heterocycles. The minimum absolute atomic E-state index is 0.00451. The second-order valence-corrected chi connectivity index (χ2v) is 11.1. The Balaban J connectivity index is 1.44. The summed E-state index contributed by atoms with van der Waals surface area (Å²) in [6.45, 7) is 1.47. The number of aliphatic hydroxyl groups is 1. The topological polar surface area (TPSA) is 70.8 Å². The predicted octanol–water partition coefficient (Wildman–Crippen LogP) is 4.48. The van der Waals surface area contributed by atoms with E-state index in [1.807, 2.05) is 34.1 Å². The van der Waals surface area contributed by atoms with Gasteiger partial charge in [0.1, 0.15) is 0 Å². The molecule has 0 radical (unpaired) electrons. The van der Waals surface area contributed by atoms with Crippen molar-refractivity contribution < 1.29 is 9.90 Å². The number of hydrogen-bond donors (Lipinski definition) is 1. The van der Waals surface area contributed by atoms with Gasteiger partial charge in [0.25, 0.3) is 0 Å². The molecule has 1 heterocycles. The molecule has 35 heavy (non-hydrogen) atoms. The molecule has 1 aliphatic heterocycles. The van der Waals surface area contributed by atoms with Gasteiger partial charge in [-0.3, -0.25) is 4.90 Å². The van der Waals surface area contributed by atoms with E-state index in [1.54, 1.807) is 0 Å². The molecule has 6 heteroatoms. The summed E-state index contributed by atoms with van der Waals surface area (Å²) in [7, 11) is 4.32. The van der Waals surface area contributed by atoms with Crippen molar-refractivity contribution >= 4 is 6.03 Å².